The van der Waals surface area contributed by atoms with Gasteiger partial charge in [-0.15, -0.1) is 0 Å². The van der Waals surface area contributed by atoms with E-state index in [-0.39, 0.29) is 15.0 Å². The summed E-state index contributed by atoms with van der Waals surface area (Å²) >= 11 is 0.0743. The van der Waals surface area contributed by atoms with Crippen molar-refractivity contribution in [1.82, 2.24) is 7.96 Å². The summed E-state index contributed by atoms with van der Waals surface area (Å²) in [5.41, 5.74) is 3.24. The molecule has 1 aromatic heterocycles. The van der Waals surface area contributed by atoms with Crippen LogP contribution in [0.3, 0.4) is 0 Å². The second-order valence-corrected chi connectivity index (χ2v) is 4.33. The number of benzene rings is 1. The third kappa shape index (κ3) is 1.97. The summed E-state index contributed by atoms with van der Waals surface area (Å²) in [7, 11) is 0. The average Bonchev–Trinajstić information content (AvgIpc) is 2.67. The fourth-order valence-electron chi connectivity index (χ4n) is 1.35. The molecular formula is C10H13N3Se. The first-order chi connectivity index (χ1) is 6.92. The Kier molecular flexibility index (Phi) is 3.17. The Morgan fingerprint density at radius 1 is 1.36 bits per heavy atom. The fraction of sp³-hybridized carbons (Fsp3) is 0.400. The Balaban J connectivity index is 2.19. The molecule has 1 heterocycles. The van der Waals surface area contributed by atoms with Gasteiger partial charge in [0.15, 0.2) is 0 Å². The Labute approximate surface area is 89.8 Å². The minimum atomic E-state index is 0.0743. The van der Waals surface area contributed by atoms with E-state index in [0.29, 0.717) is 0 Å². The van der Waals surface area contributed by atoms with Gasteiger partial charge in [0.05, 0.1) is 0 Å². The van der Waals surface area contributed by atoms with Crippen LogP contribution in [0.4, 0.5) is 5.69 Å². The zero-order valence-electron chi connectivity index (χ0n) is 8.16. The first kappa shape index (κ1) is 9.69. The van der Waals surface area contributed by atoms with Gasteiger partial charge >= 0.3 is 89.5 Å². The standard InChI is InChI=1S/C10H13N3Se/c1-2-3-7-11-8-5-4-6-9-10(8)13-14-12-9/h4-6,11H,2-3,7H2,1H3. The SMILES string of the molecule is CCCCNc1cccc2n[se]nc12. The Morgan fingerprint density at radius 2 is 2.29 bits per heavy atom. The van der Waals surface area contributed by atoms with Gasteiger partial charge in [0.25, 0.3) is 0 Å². The number of hydrogen-bond donors (Lipinski definition) is 1. The summed E-state index contributed by atoms with van der Waals surface area (Å²) in [6, 6.07) is 6.14. The van der Waals surface area contributed by atoms with E-state index in [2.05, 4.69) is 26.3 Å². The molecule has 1 aromatic carbocycles. The van der Waals surface area contributed by atoms with E-state index >= 15 is 0 Å². The van der Waals surface area contributed by atoms with Crippen molar-refractivity contribution in [1.29, 1.82) is 0 Å². The van der Waals surface area contributed by atoms with Gasteiger partial charge in [-0.2, -0.15) is 0 Å². The van der Waals surface area contributed by atoms with Gasteiger partial charge in [-0.1, -0.05) is 0 Å². The van der Waals surface area contributed by atoms with Gasteiger partial charge < -0.3 is 0 Å². The molecule has 4 heteroatoms. The van der Waals surface area contributed by atoms with Crippen LogP contribution in [0.25, 0.3) is 11.0 Å². The molecule has 0 radical (unpaired) electrons. The molecule has 2 aromatic rings. The Bertz CT molecular complexity index is 410. The molecule has 0 aliphatic rings. The molecule has 1 N–H and O–H groups in total. The molecule has 0 unspecified atom stereocenters. The number of fused-ring (bicyclic) bond motifs is 1. The van der Waals surface area contributed by atoms with Crippen molar-refractivity contribution in [3.8, 4) is 0 Å². The summed E-state index contributed by atoms with van der Waals surface area (Å²) < 4.78 is 8.76. The monoisotopic (exact) mass is 255 g/mol. The maximum atomic E-state index is 4.41. The molecule has 0 bridgehead atoms. The van der Waals surface area contributed by atoms with Gasteiger partial charge in [0.1, 0.15) is 0 Å². The van der Waals surface area contributed by atoms with Gasteiger partial charge in [0.2, 0.25) is 0 Å². The second kappa shape index (κ2) is 4.58. The number of rotatable bonds is 4. The van der Waals surface area contributed by atoms with Gasteiger partial charge in [0, 0.05) is 0 Å². The molecule has 2 rings (SSSR count). The van der Waals surface area contributed by atoms with E-state index in [1.165, 1.54) is 12.8 Å². The van der Waals surface area contributed by atoms with Crippen molar-refractivity contribution in [3.63, 3.8) is 0 Å². The molecule has 0 spiro atoms. The molecule has 0 atom stereocenters. The summed E-state index contributed by atoms with van der Waals surface area (Å²) in [6.07, 6.45) is 2.42. The van der Waals surface area contributed by atoms with Crippen LogP contribution in [0, 0.1) is 0 Å². The maximum absolute atomic E-state index is 4.41. The van der Waals surface area contributed by atoms with Crippen molar-refractivity contribution in [2.24, 2.45) is 0 Å². The normalized spacial score (nSPS) is 10.6. The summed E-state index contributed by atoms with van der Waals surface area (Å²) in [6.45, 7) is 3.22. The topological polar surface area (TPSA) is 37.8 Å². The quantitative estimate of drug-likeness (QED) is 0.669. The second-order valence-electron chi connectivity index (χ2n) is 3.22. The summed E-state index contributed by atoms with van der Waals surface area (Å²) in [5.74, 6) is 0. The zero-order chi connectivity index (χ0) is 9.80. The number of aromatic nitrogens is 2. The summed E-state index contributed by atoms with van der Waals surface area (Å²) in [5, 5.41) is 3.40. The van der Waals surface area contributed by atoms with Crippen molar-refractivity contribution in [2.75, 3.05) is 11.9 Å². The van der Waals surface area contributed by atoms with Crippen LogP contribution in [-0.2, 0) is 0 Å². The third-order valence-corrected chi connectivity index (χ3v) is 3.27. The molecule has 14 heavy (non-hydrogen) atoms. The molecule has 74 valence electrons. The average molecular weight is 254 g/mol. The number of nitrogens with zero attached hydrogens (tertiary/aromatic N) is 2. The number of unbranched alkanes of at least 4 members (excludes halogenated alkanes) is 1. The van der Waals surface area contributed by atoms with Crippen molar-refractivity contribution >= 4 is 31.7 Å². The molecular weight excluding hydrogens is 241 g/mol. The molecule has 0 amide bonds. The van der Waals surface area contributed by atoms with Crippen LogP contribution in [0.15, 0.2) is 18.2 Å². The molecule has 3 nitrogen and oxygen atoms in total. The predicted molar refractivity (Wildman–Crippen MR) is 59.9 cm³/mol. The van der Waals surface area contributed by atoms with Crippen molar-refractivity contribution in [2.45, 2.75) is 19.8 Å². The summed E-state index contributed by atoms with van der Waals surface area (Å²) in [4.78, 5) is 0. The Morgan fingerprint density at radius 3 is 3.14 bits per heavy atom. The zero-order valence-corrected chi connectivity index (χ0v) is 9.87. The van der Waals surface area contributed by atoms with Crippen molar-refractivity contribution in [3.05, 3.63) is 18.2 Å². The van der Waals surface area contributed by atoms with Crippen LogP contribution < -0.4 is 5.32 Å². The molecule has 0 aliphatic carbocycles. The predicted octanol–water partition coefficient (Wildman–Crippen LogP) is 1.90. The molecule has 0 saturated carbocycles. The van der Waals surface area contributed by atoms with Crippen LogP contribution in [0.5, 0.6) is 0 Å². The number of hydrogen-bond acceptors (Lipinski definition) is 3. The fourth-order valence-corrected chi connectivity index (χ4v) is 2.50. The van der Waals surface area contributed by atoms with Crippen LogP contribution >= 0.6 is 0 Å². The van der Waals surface area contributed by atoms with Crippen LogP contribution in [0.2, 0.25) is 0 Å². The van der Waals surface area contributed by atoms with E-state index in [9.17, 15) is 0 Å². The first-order valence-electron chi connectivity index (χ1n) is 4.87. The van der Waals surface area contributed by atoms with Crippen molar-refractivity contribution < 1.29 is 0 Å². The number of anilines is 1. The molecule has 0 aliphatic heterocycles. The molecule has 0 fully saturated rings. The number of nitrogens with one attached hydrogen (secondary N) is 1. The van der Waals surface area contributed by atoms with Crippen LogP contribution in [0.1, 0.15) is 19.8 Å². The van der Waals surface area contributed by atoms with Gasteiger partial charge in [-0.25, -0.2) is 0 Å². The van der Waals surface area contributed by atoms with E-state index < -0.39 is 0 Å². The Hall–Kier alpha value is -0.861. The van der Waals surface area contributed by atoms with Gasteiger partial charge in [-0.05, 0) is 0 Å². The van der Waals surface area contributed by atoms with E-state index in [0.717, 1.165) is 23.3 Å². The first-order valence-corrected chi connectivity index (χ1v) is 6.40. The van der Waals surface area contributed by atoms with E-state index in [4.69, 9.17) is 0 Å². The molecule has 0 saturated heterocycles. The minimum absolute atomic E-state index is 0.0743. The van der Waals surface area contributed by atoms with Crippen LogP contribution in [-0.4, -0.2) is 29.5 Å². The van der Waals surface area contributed by atoms with E-state index in [1.807, 2.05) is 12.1 Å². The van der Waals surface area contributed by atoms with E-state index in [1.54, 1.807) is 0 Å². The third-order valence-electron chi connectivity index (χ3n) is 2.13. The van der Waals surface area contributed by atoms with Gasteiger partial charge in [-0.3, -0.25) is 0 Å².